The summed E-state index contributed by atoms with van der Waals surface area (Å²) in [4.78, 5) is 31.7. The SMILES string of the molecule is Cl.Cl.NCCc1ccccc1CNC(=O)Cn1ccnc(NC(c2cccc[nH+]2)C(F)F)c1=O.[Cl-]. The number of pyridine rings is 1. The number of halogens is 5. The lowest BCUT2D eigenvalue weighted by molar-refractivity contribution is -0.394. The minimum atomic E-state index is -2.79. The van der Waals surface area contributed by atoms with Gasteiger partial charge in [-0.25, -0.2) is 18.7 Å². The van der Waals surface area contributed by atoms with Crippen LogP contribution in [0.3, 0.4) is 0 Å². The third-order valence-corrected chi connectivity index (χ3v) is 4.85. The largest absolute Gasteiger partial charge is 1.00 e. The fourth-order valence-corrected chi connectivity index (χ4v) is 3.23. The van der Waals surface area contributed by atoms with Crippen LogP contribution in [-0.4, -0.2) is 28.4 Å². The van der Waals surface area contributed by atoms with Crippen LogP contribution in [0.15, 0.2) is 65.8 Å². The monoisotopic (exact) mass is 550 g/mol. The molecule has 0 bridgehead atoms. The van der Waals surface area contributed by atoms with Gasteiger partial charge < -0.3 is 33.3 Å². The van der Waals surface area contributed by atoms with Crippen LogP contribution in [0.25, 0.3) is 0 Å². The molecule has 0 spiro atoms. The Balaban J connectivity index is 0.00000385. The molecule has 5 N–H and O–H groups in total. The lowest BCUT2D eigenvalue weighted by Crippen LogP contribution is -3.00. The van der Waals surface area contributed by atoms with E-state index in [9.17, 15) is 18.4 Å². The molecule has 13 heteroatoms. The lowest BCUT2D eigenvalue weighted by atomic mass is 10.0. The number of nitrogens with one attached hydrogen (secondary N) is 3. The van der Waals surface area contributed by atoms with Crippen molar-refractivity contribution in [2.45, 2.75) is 32.0 Å². The molecule has 2 heterocycles. The number of aromatic amines is 1. The molecule has 0 radical (unpaired) electrons. The third-order valence-electron chi connectivity index (χ3n) is 4.85. The fourth-order valence-electron chi connectivity index (χ4n) is 3.23. The van der Waals surface area contributed by atoms with E-state index in [2.05, 4.69) is 20.6 Å². The zero-order valence-electron chi connectivity index (χ0n) is 18.5. The molecular weight excluding hydrogens is 525 g/mol. The van der Waals surface area contributed by atoms with Crippen LogP contribution < -0.4 is 39.3 Å². The van der Waals surface area contributed by atoms with E-state index in [0.717, 1.165) is 15.7 Å². The van der Waals surface area contributed by atoms with Crippen molar-refractivity contribution >= 4 is 36.5 Å². The van der Waals surface area contributed by atoms with Gasteiger partial charge in [0, 0.05) is 31.1 Å². The number of benzene rings is 1. The summed E-state index contributed by atoms with van der Waals surface area (Å²) in [5, 5.41) is 5.26. The number of amides is 1. The van der Waals surface area contributed by atoms with Crippen LogP contribution in [0.5, 0.6) is 0 Å². The number of nitrogens with zero attached hydrogens (tertiary/aromatic N) is 2. The molecule has 1 unspecified atom stereocenters. The van der Waals surface area contributed by atoms with Gasteiger partial charge in [-0.1, -0.05) is 30.3 Å². The molecule has 8 nitrogen and oxygen atoms in total. The Labute approximate surface area is 220 Å². The van der Waals surface area contributed by atoms with Gasteiger partial charge in [-0.15, -0.1) is 24.8 Å². The summed E-state index contributed by atoms with van der Waals surface area (Å²) in [6.45, 7) is 0.511. The molecule has 3 aromatic rings. The predicted molar refractivity (Wildman–Crippen MR) is 129 cm³/mol. The van der Waals surface area contributed by atoms with Crippen molar-refractivity contribution in [3.8, 4) is 0 Å². The average Bonchev–Trinajstić information content (AvgIpc) is 2.79. The van der Waals surface area contributed by atoms with Gasteiger partial charge in [-0.05, 0) is 24.1 Å². The van der Waals surface area contributed by atoms with Crippen LogP contribution >= 0.6 is 24.8 Å². The second-order valence-electron chi connectivity index (χ2n) is 7.07. The van der Waals surface area contributed by atoms with Gasteiger partial charge in [0.15, 0.2) is 18.1 Å². The maximum atomic E-state index is 13.6. The van der Waals surface area contributed by atoms with Crippen molar-refractivity contribution in [2.75, 3.05) is 11.9 Å². The number of rotatable bonds is 10. The summed E-state index contributed by atoms with van der Waals surface area (Å²) < 4.78 is 28.3. The number of hydrogen-bond donors (Lipinski definition) is 3. The second kappa shape index (κ2) is 16.0. The summed E-state index contributed by atoms with van der Waals surface area (Å²) in [6, 6.07) is 10.9. The molecule has 2 aromatic heterocycles. The van der Waals surface area contributed by atoms with Crippen molar-refractivity contribution < 1.29 is 31.0 Å². The number of carbonyl (C=O) groups is 1. The summed E-state index contributed by atoms with van der Waals surface area (Å²) in [5.74, 6) is -0.662. The minimum absolute atomic E-state index is 0. The van der Waals surface area contributed by atoms with E-state index in [0.29, 0.717) is 13.0 Å². The van der Waals surface area contributed by atoms with Crippen molar-refractivity contribution in [1.29, 1.82) is 0 Å². The predicted octanol–water partition coefficient (Wildman–Crippen LogP) is -0.859. The number of carbonyl (C=O) groups excluding carboxylic acids is 1. The minimum Gasteiger partial charge on any atom is -1.00 e. The zero-order valence-corrected chi connectivity index (χ0v) is 20.9. The van der Waals surface area contributed by atoms with Crippen molar-refractivity contribution in [1.82, 2.24) is 14.9 Å². The van der Waals surface area contributed by atoms with Gasteiger partial charge in [-0.3, -0.25) is 9.59 Å². The molecule has 0 fully saturated rings. The molecular formula is C22H27Cl3F2N6O2. The van der Waals surface area contributed by atoms with Crippen LogP contribution in [0, 0.1) is 0 Å². The normalized spacial score (nSPS) is 10.9. The molecule has 192 valence electrons. The second-order valence-corrected chi connectivity index (χ2v) is 7.07. The van der Waals surface area contributed by atoms with Crippen molar-refractivity contribution in [2.24, 2.45) is 5.73 Å². The van der Waals surface area contributed by atoms with Crippen LogP contribution in [-0.2, 0) is 24.3 Å². The van der Waals surface area contributed by atoms with Gasteiger partial charge >= 0.3 is 0 Å². The molecule has 1 atom stereocenters. The van der Waals surface area contributed by atoms with Crippen LogP contribution in [0.4, 0.5) is 14.6 Å². The maximum absolute atomic E-state index is 13.6. The first kappa shape index (κ1) is 32.2. The van der Waals surface area contributed by atoms with Crippen LogP contribution in [0.1, 0.15) is 22.9 Å². The molecule has 35 heavy (non-hydrogen) atoms. The molecule has 1 aromatic carbocycles. The number of nitrogens with two attached hydrogens (primary N) is 1. The van der Waals surface area contributed by atoms with E-state index in [1.54, 1.807) is 12.1 Å². The molecule has 0 saturated heterocycles. The van der Waals surface area contributed by atoms with E-state index in [-0.39, 0.29) is 61.8 Å². The fraction of sp³-hybridized carbons (Fsp3) is 0.273. The van der Waals surface area contributed by atoms with Gasteiger partial charge in [-0.2, -0.15) is 0 Å². The van der Waals surface area contributed by atoms with Gasteiger partial charge in [0.2, 0.25) is 11.6 Å². The van der Waals surface area contributed by atoms with Crippen LogP contribution in [0.2, 0.25) is 0 Å². The first-order valence-electron chi connectivity index (χ1n) is 10.1. The van der Waals surface area contributed by atoms with E-state index in [1.165, 1.54) is 24.7 Å². The van der Waals surface area contributed by atoms with E-state index >= 15 is 0 Å². The van der Waals surface area contributed by atoms with Gasteiger partial charge in [0.1, 0.15) is 6.54 Å². The molecule has 0 aliphatic rings. The van der Waals surface area contributed by atoms with Gasteiger partial charge in [0.05, 0.1) is 0 Å². The Bertz CT molecular complexity index is 1110. The summed E-state index contributed by atoms with van der Waals surface area (Å²) in [6.07, 6.45) is 2.03. The third kappa shape index (κ3) is 9.06. The number of hydrogen-bond acceptors (Lipinski definition) is 5. The van der Waals surface area contributed by atoms with Gasteiger partial charge in [0.25, 0.3) is 12.0 Å². The van der Waals surface area contributed by atoms with E-state index < -0.39 is 23.9 Å². The molecule has 0 saturated carbocycles. The Hall–Kier alpha value is -2.79. The molecule has 3 rings (SSSR count). The van der Waals surface area contributed by atoms with Crippen molar-refractivity contribution in [3.63, 3.8) is 0 Å². The summed E-state index contributed by atoms with van der Waals surface area (Å²) in [7, 11) is 0. The number of aromatic nitrogens is 3. The first-order chi connectivity index (χ1) is 15.5. The Morgan fingerprint density at radius 3 is 2.43 bits per heavy atom. The van der Waals surface area contributed by atoms with Crippen molar-refractivity contribution in [3.05, 3.63) is 88.2 Å². The maximum Gasteiger partial charge on any atom is 0.293 e. The van der Waals surface area contributed by atoms with E-state index in [4.69, 9.17) is 5.73 Å². The number of alkyl halides is 2. The zero-order chi connectivity index (χ0) is 22.9. The Morgan fingerprint density at radius 2 is 1.80 bits per heavy atom. The Kier molecular flexibility index (Phi) is 14.7. The Morgan fingerprint density at radius 1 is 1.11 bits per heavy atom. The number of H-pyrrole nitrogens is 1. The first-order valence-corrected chi connectivity index (χ1v) is 10.1. The highest BCUT2D eigenvalue weighted by Gasteiger charge is 2.29. The summed E-state index contributed by atoms with van der Waals surface area (Å²) >= 11 is 0. The highest BCUT2D eigenvalue weighted by Crippen LogP contribution is 2.20. The highest BCUT2D eigenvalue weighted by molar-refractivity contribution is 5.85. The average molecular weight is 552 g/mol. The lowest BCUT2D eigenvalue weighted by Gasteiger charge is -2.15. The molecule has 1 amide bonds. The quantitative estimate of drug-likeness (QED) is 0.303. The molecule has 0 aliphatic heterocycles. The number of anilines is 1. The topological polar surface area (TPSA) is 116 Å². The molecule has 0 aliphatic carbocycles. The summed E-state index contributed by atoms with van der Waals surface area (Å²) in [5.41, 5.74) is 7.13. The highest BCUT2D eigenvalue weighted by atomic mass is 35.5. The van der Waals surface area contributed by atoms with E-state index in [1.807, 2.05) is 24.3 Å². The smallest absolute Gasteiger partial charge is 0.293 e. The standard InChI is InChI=1S/C22H24F2N6O2.3ClH/c23-20(24)19(17-7-3-4-10-26-17)29-21-22(32)30(12-11-27-21)14-18(31)28-13-16-6-2-1-5-15(16)8-9-25;;;/h1-7,10-12,19-20H,8-9,13-14,25H2,(H,27,29)(H,28,31);3*1H.